The Labute approximate surface area is 288 Å². The molecule has 0 aliphatic rings. The van der Waals surface area contributed by atoms with Gasteiger partial charge in [-0.1, -0.05) is 60.7 Å². The molecule has 0 fully saturated rings. The predicted molar refractivity (Wildman–Crippen MR) is 183 cm³/mol. The summed E-state index contributed by atoms with van der Waals surface area (Å²) in [6.45, 7) is 0.441. The number of amides is 1. The van der Waals surface area contributed by atoms with Crippen molar-refractivity contribution >= 4 is 28.6 Å². The highest BCUT2D eigenvalue weighted by Crippen LogP contribution is 2.31. The van der Waals surface area contributed by atoms with Gasteiger partial charge in [-0.05, 0) is 47.0 Å². The molecule has 0 saturated carbocycles. The van der Waals surface area contributed by atoms with E-state index in [1.165, 1.54) is 30.3 Å². The Morgan fingerprint density at radius 1 is 0.900 bits per heavy atom. The highest BCUT2D eigenvalue weighted by atomic mass is 32.2. The number of benzene rings is 4. The molecule has 0 aliphatic heterocycles. The summed E-state index contributed by atoms with van der Waals surface area (Å²) in [4.78, 5) is 33.2. The highest BCUT2D eigenvalue weighted by Gasteiger charge is 2.30. The number of aromatic nitrogens is 3. The minimum atomic E-state index is -4.42. The number of nitrogens with zero attached hydrogens (tertiary/aromatic N) is 4. The molecule has 1 amide bonds. The van der Waals surface area contributed by atoms with Crippen LogP contribution in [0.1, 0.15) is 22.4 Å². The van der Waals surface area contributed by atoms with Gasteiger partial charge in [0.05, 0.1) is 22.4 Å². The lowest BCUT2D eigenvalue weighted by Crippen LogP contribution is -2.36. The number of aryl methyl sites for hydroxylation is 1. The monoisotopic (exact) mass is 702 g/mol. The normalized spacial score (nSPS) is 11.6. The number of carbonyl (C=O) groups is 1. The number of fused-ring (bicyclic) bond motifs is 1. The Balaban J connectivity index is 1.28. The zero-order valence-electron chi connectivity index (χ0n) is 26.8. The molecule has 0 radical (unpaired) electrons. The fraction of sp³-hybridized carbons (Fsp3) is 0.184. The smallest absolute Gasteiger partial charge is 0.338 e. The molecule has 0 saturated heterocycles. The van der Waals surface area contributed by atoms with Gasteiger partial charge in [0.2, 0.25) is 5.91 Å². The van der Waals surface area contributed by atoms with E-state index in [-0.39, 0.29) is 35.7 Å². The maximum Gasteiger partial charge on any atom is 0.416 e. The number of rotatable bonds is 11. The van der Waals surface area contributed by atoms with Crippen molar-refractivity contribution in [3.63, 3.8) is 0 Å². The van der Waals surface area contributed by atoms with Gasteiger partial charge in [-0.25, -0.2) is 13.8 Å². The number of thioether (sulfide) groups is 1. The second-order valence-corrected chi connectivity index (χ2v) is 12.8. The number of halogens is 5. The fourth-order valence-corrected chi connectivity index (χ4v) is 6.71. The van der Waals surface area contributed by atoms with Gasteiger partial charge in [-0.2, -0.15) is 13.2 Å². The second-order valence-electron chi connectivity index (χ2n) is 11.8. The second kappa shape index (κ2) is 14.7. The first-order chi connectivity index (χ1) is 24.0. The van der Waals surface area contributed by atoms with Crippen molar-refractivity contribution in [2.45, 2.75) is 36.5 Å². The standard InChI is InChI=1S/C38H31F5N4O2S/c1-45-24-44-20-30(45)17-18-46(21-25-9-11-26(12-10-25)27-13-15-29(16-14-27)38(41,42)43)35(49)22-47-33-8-3-2-6-31(33)34(48)19-36(47)50-23-28-5-4-7-32(39)37(28)40/h2-16,19-20,24H,17-18,21-23H2,1H3. The predicted octanol–water partition coefficient (Wildman–Crippen LogP) is 8.26. The number of hydrogen-bond donors (Lipinski definition) is 0. The zero-order valence-corrected chi connectivity index (χ0v) is 27.6. The van der Waals surface area contributed by atoms with Crippen LogP contribution in [0.3, 0.4) is 0 Å². The summed E-state index contributed by atoms with van der Waals surface area (Å²) in [6.07, 6.45) is -0.499. The number of hydrogen-bond acceptors (Lipinski definition) is 4. The molecule has 0 bridgehead atoms. The lowest BCUT2D eigenvalue weighted by atomic mass is 10.0. The average Bonchev–Trinajstić information content (AvgIpc) is 3.52. The van der Waals surface area contributed by atoms with Crippen LogP contribution in [0.5, 0.6) is 0 Å². The van der Waals surface area contributed by atoms with Gasteiger partial charge >= 0.3 is 6.18 Å². The summed E-state index contributed by atoms with van der Waals surface area (Å²) in [7, 11) is 1.87. The number of pyridine rings is 1. The van der Waals surface area contributed by atoms with Gasteiger partial charge in [-0.15, -0.1) is 11.8 Å². The first kappa shape index (κ1) is 34.6. The molecule has 6 rings (SSSR count). The van der Waals surface area contributed by atoms with Gasteiger partial charge in [0.15, 0.2) is 17.1 Å². The zero-order chi connectivity index (χ0) is 35.4. The van der Waals surface area contributed by atoms with Crippen molar-refractivity contribution < 1.29 is 26.7 Å². The van der Waals surface area contributed by atoms with Crippen molar-refractivity contribution in [3.8, 4) is 11.1 Å². The third-order valence-corrected chi connectivity index (χ3v) is 9.55. The summed E-state index contributed by atoms with van der Waals surface area (Å²) in [5.74, 6) is -2.14. The fourth-order valence-electron chi connectivity index (χ4n) is 5.68. The summed E-state index contributed by atoms with van der Waals surface area (Å²) < 4.78 is 71.2. The number of imidazole rings is 1. The van der Waals surface area contributed by atoms with Crippen LogP contribution in [0.25, 0.3) is 22.0 Å². The molecule has 50 heavy (non-hydrogen) atoms. The van der Waals surface area contributed by atoms with Crippen LogP contribution in [0.4, 0.5) is 22.0 Å². The quantitative estimate of drug-likeness (QED) is 0.101. The number of carbonyl (C=O) groups excluding carboxylic acids is 1. The molecule has 256 valence electrons. The van der Waals surface area contributed by atoms with E-state index in [2.05, 4.69) is 4.98 Å². The number of para-hydroxylation sites is 1. The number of alkyl halides is 3. The SMILES string of the molecule is Cn1cncc1CCN(Cc1ccc(-c2ccc(C(F)(F)F)cc2)cc1)C(=O)Cn1c(SCc2cccc(F)c2F)cc(=O)c2ccccc21. The van der Waals surface area contributed by atoms with Crippen LogP contribution in [-0.4, -0.2) is 31.5 Å². The molecule has 6 aromatic rings. The van der Waals surface area contributed by atoms with E-state index in [0.29, 0.717) is 34.5 Å². The third-order valence-electron chi connectivity index (χ3n) is 8.46. The minimum Gasteiger partial charge on any atom is -0.338 e. The molecule has 0 unspecified atom stereocenters. The Morgan fingerprint density at radius 2 is 1.60 bits per heavy atom. The first-order valence-electron chi connectivity index (χ1n) is 15.7. The third kappa shape index (κ3) is 7.81. The van der Waals surface area contributed by atoms with Crippen LogP contribution >= 0.6 is 11.8 Å². The van der Waals surface area contributed by atoms with E-state index >= 15 is 0 Å². The van der Waals surface area contributed by atoms with Crippen molar-refractivity contribution in [1.29, 1.82) is 0 Å². The van der Waals surface area contributed by atoms with Crippen LogP contribution < -0.4 is 5.43 Å². The Morgan fingerprint density at radius 3 is 2.28 bits per heavy atom. The lowest BCUT2D eigenvalue weighted by Gasteiger charge is -2.25. The molecule has 2 aromatic heterocycles. The largest absolute Gasteiger partial charge is 0.416 e. The maximum atomic E-state index is 14.5. The summed E-state index contributed by atoms with van der Waals surface area (Å²) in [5.41, 5.74) is 2.76. The summed E-state index contributed by atoms with van der Waals surface area (Å²) in [6, 6.07) is 24.5. The first-order valence-corrected chi connectivity index (χ1v) is 16.6. The molecule has 2 heterocycles. The molecule has 0 spiro atoms. The highest BCUT2D eigenvalue weighted by molar-refractivity contribution is 7.98. The molecular weight excluding hydrogens is 672 g/mol. The van der Waals surface area contributed by atoms with E-state index in [1.807, 2.05) is 23.7 Å². The summed E-state index contributed by atoms with van der Waals surface area (Å²) in [5, 5.41) is 0.847. The molecule has 0 N–H and O–H groups in total. The van der Waals surface area contributed by atoms with Crippen LogP contribution in [0, 0.1) is 11.6 Å². The lowest BCUT2D eigenvalue weighted by molar-refractivity contribution is -0.137. The summed E-state index contributed by atoms with van der Waals surface area (Å²) >= 11 is 1.14. The van der Waals surface area contributed by atoms with E-state index < -0.39 is 23.4 Å². The molecule has 12 heteroatoms. The van der Waals surface area contributed by atoms with Gasteiger partial charge in [-0.3, -0.25) is 9.59 Å². The van der Waals surface area contributed by atoms with Crippen LogP contribution in [-0.2, 0) is 43.3 Å². The van der Waals surface area contributed by atoms with Gasteiger partial charge in [0.25, 0.3) is 0 Å². The van der Waals surface area contributed by atoms with E-state index in [1.54, 1.807) is 58.4 Å². The van der Waals surface area contributed by atoms with Crippen LogP contribution in [0.15, 0.2) is 119 Å². The van der Waals surface area contributed by atoms with Gasteiger partial charge in [0.1, 0.15) is 6.54 Å². The molecule has 4 aromatic carbocycles. The minimum absolute atomic E-state index is 0.0328. The van der Waals surface area contributed by atoms with Gasteiger partial charge in [0, 0.05) is 61.2 Å². The molecule has 6 nitrogen and oxygen atoms in total. The average molecular weight is 703 g/mol. The molecular formula is C38H31F5N4O2S. The van der Waals surface area contributed by atoms with Crippen molar-refractivity contribution in [3.05, 3.63) is 154 Å². The van der Waals surface area contributed by atoms with E-state index in [0.717, 1.165) is 46.8 Å². The topological polar surface area (TPSA) is 60.1 Å². The Kier molecular flexibility index (Phi) is 10.2. The van der Waals surface area contributed by atoms with Crippen molar-refractivity contribution in [1.82, 2.24) is 19.0 Å². The van der Waals surface area contributed by atoms with E-state index in [4.69, 9.17) is 0 Å². The molecule has 0 aliphatic carbocycles. The van der Waals surface area contributed by atoms with Gasteiger partial charge < -0.3 is 14.0 Å². The molecule has 0 atom stereocenters. The Hall–Kier alpha value is -5.23. The van der Waals surface area contributed by atoms with Crippen LogP contribution in [0.2, 0.25) is 0 Å². The maximum absolute atomic E-state index is 14.5. The van der Waals surface area contributed by atoms with Crippen molar-refractivity contribution in [2.24, 2.45) is 7.05 Å². The Bertz CT molecular complexity index is 2200. The van der Waals surface area contributed by atoms with Crippen molar-refractivity contribution in [2.75, 3.05) is 6.54 Å². The van der Waals surface area contributed by atoms with E-state index in [9.17, 15) is 31.5 Å².